The van der Waals surface area contributed by atoms with Crippen LogP contribution in [-0.2, 0) is 16.0 Å². The topological polar surface area (TPSA) is 72.6 Å². The molecule has 2 amide bonds. The van der Waals surface area contributed by atoms with Gasteiger partial charge in [-0.05, 0) is 49.3 Å². The van der Waals surface area contributed by atoms with Gasteiger partial charge >= 0.3 is 0 Å². The van der Waals surface area contributed by atoms with Gasteiger partial charge < -0.3 is 15.4 Å². The molecule has 1 heterocycles. The van der Waals surface area contributed by atoms with E-state index in [-0.39, 0.29) is 24.8 Å². The van der Waals surface area contributed by atoms with Crippen LogP contribution in [0.1, 0.15) is 44.1 Å². The third-order valence-corrected chi connectivity index (χ3v) is 5.23. The number of piperidine rings is 1. The molecule has 130 valence electrons. The van der Waals surface area contributed by atoms with Crippen molar-refractivity contribution in [2.45, 2.75) is 51.0 Å². The zero-order valence-electron chi connectivity index (χ0n) is 14.1. The zero-order valence-corrected chi connectivity index (χ0v) is 14.1. The highest BCUT2D eigenvalue weighted by atomic mass is 16.5. The highest BCUT2D eigenvalue weighted by Gasteiger charge is 2.35. The van der Waals surface area contributed by atoms with Crippen molar-refractivity contribution >= 4 is 11.8 Å². The number of ether oxygens (including phenoxy) is 1. The summed E-state index contributed by atoms with van der Waals surface area (Å²) in [6.45, 7) is 0.944. The van der Waals surface area contributed by atoms with Crippen molar-refractivity contribution in [2.24, 2.45) is 11.7 Å². The maximum atomic E-state index is 12.6. The lowest BCUT2D eigenvalue weighted by atomic mass is 9.78. The maximum absolute atomic E-state index is 12.6. The van der Waals surface area contributed by atoms with Gasteiger partial charge in [-0.25, -0.2) is 0 Å². The number of hydrogen-bond acceptors (Lipinski definition) is 3. The van der Waals surface area contributed by atoms with Gasteiger partial charge in [0.15, 0.2) is 6.61 Å². The summed E-state index contributed by atoms with van der Waals surface area (Å²) in [5, 5.41) is 0. The number of likely N-dealkylation sites (tertiary alicyclic amines) is 1. The first kappa shape index (κ1) is 16.8. The van der Waals surface area contributed by atoms with Crippen LogP contribution in [0.3, 0.4) is 0 Å². The summed E-state index contributed by atoms with van der Waals surface area (Å²) in [5.74, 6) is 1.07. The molecular weight excluding hydrogens is 304 g/mol. The molecule has 2 aliphatic rings. The van der Waals surface area contributed by atoms with E-state index in [1.807, 2.05) is 12.1 Å². The summed E-state index contributed by atoms with van der Waals surface area (Å²) in [7, 11) is 0. The molecule has 5 nitrogen and oxygen atoms in total. The number of carbonyl (C=O) groups is 2. The van der Waals surface area contributed by atoms with Gasteiger partial charge in [0, 0.05) is 12.6 Å². The molecule has 2 N–H and O–H groups in total. The molecule has 24 heavy (non-hydrogen) atoms. The molecule has 0 unspecified atom stereocenters. The summed E-state index contributed by atoms with van der Waals surface area (Å²) in [5.41, 5.74) is 6.03. The van der Waals surface area contributed by atoms with Crippen molar-refractivity contribution in [1.82, 2.24) is 4.90 Å². The molecule has 1 saturated heterocycles. The average molecular weight is 330 g/mol. The van der Waals surface area contributed by atoms with E-state index in [0.717, 1.165) is 24.9 Å². The van der Waals surface area contributed by atoms with Gasteiger partial charge in [0.25, 0.3) is 5.91 Å². The third kappa shape index (κ3) is 4.08. The fourth-order valence-electron chi connectivity index (χ4n) is 4.07. The van der Waals surface area contributed by atoms with E-state index >= 15 is 0 Å². The minimum absolute atomic E-state index is 0.0817. The second-order valence-corrected chi connectivity index (χ2v) is 6.92. The van der Waals surface area contributed by atoms with E-state index in [2.05, 4.69) is 4.90 Å². The first-order valence-corrected chi connectivity index (χ1v) is 8.93. The van der Waals surface area contributed by atoms with Gasteiger partial charge in [-0.15, -0.1) is 0 Å². The van der Waals surface area contributed by atoms with Crippen LogP contribution in [0.15, 0.2) is 24.3 Å². The van der Waals surface area contributed by atoms with E-state index in [4.69, 9.17) is 10.5 Å². The Morgan fingerprint density at radius 2 is 1.79 bits per heavy atom. The lowest BCUT2D eigenvalue weighted by molar-refractivity contribution is -0.139. The Morgan fingerprint density at radius 3 is 2.54 bits per heavy atom. The summed E-state index contributed by atoms with van der Waals surface area (Å²) in [6.07, 6.45) is 7.51. The molecule has 3 rings (SSSR count). The summed E-state index contributed by atoms with van der Waals surface area (Å²) < 4.78 is 5.65. The third-order valence-electron chi connectivity index (χ3n) is 5.23. The molecule has 2 atom stereocenters. The first-order chi connectivity index (χ1) is 11.6. The monoisotopic (exact) mass is 330 g/mol. The number of carbonyl (C=O) groups excluding carboxylic acids is 2. The fourth-order valence-corrected chi connectivity index (χ4v) is 4.07. The zero-order chi connectivity index (χ0) is 16.9. The Kier molecular flexibility index (Phi) is 5.38. The summed E-state index contributed by atoms with van der Waals surface area (Å²) in [4.78, 5) is 25.5. The molecule has 0 spiro atoms. The molecule has 1 aromatic carbocycles. The highest BCUT2D eigenvalue weighted by Crippen LogP contribution is 2.35. The van der Waals surface area contributed by atoms with E-state index < -0.39 is 0 Å². The van der Waals surface area contributed by atoms with Crippen LogP contribution in [0, 0.1) is 5.92 Å². The molecule has 1 aliphatic heterocycles. The van der Waals surface area contributed by atoms with E-state index in [0.29, 0.717) is 17.7 Å². The Hall–Kier alpha value is -2.04. The lowest BCUT2D eigenvalue weighted by Gasteiger charge is -2.44. The van der Waals surface area contributed by atoms with Crippen LogP contribution < -0.4 is 10.5 Å². The van der Waals surface area contributed by atoms with Gasteiger partial charge in [0.2, 0.25) is 5.91 Å². The second kappa shape index (κ2) is 7.69. The van der Waals surface area contributed by atoms with Crippen molar-refractivity contribution in [3.8, 4) is 5.75 Å². The molecular formula is C19H26N2O3. The fraction of sp³-hybridized carbons (Fsp3) is 0.579. The first-order valence-electron chi connectivity index (χ1n) is 8.93. The molecule has 1 aliphatic carbocycles. The molecule has 2 fully saturated rings. The Balaban J connectivity index is 1.54. The minimum Gasteiger partial charge on any atom is -0.484 e. The lowest BCUT2D eigenvalue weighted by Crippen LogP contribution is -2.51. The molecule has 1 saturated carbocycles. The molecule has 0 bridgehead atoms. The van der Waals surface area contributed by atoms with Crippen LogP contribution in [0.2, 0.25) is 0 Å². The maximum Gasteiger partial charge on any atom is 0.260 e. The van der Waals surface area contributed by atoms with Crippen molar-refractivity contribution < 1.29 is 14.3 Å². The Morgan fingerprint density at radius 1 is 1.08 bits per heavy atom. The standard InChI is InChI=1S/C19H26N2O3/c20-18(22)12-14-7-9-16(10-8-14)24-13-19(23)21-11-3-5-15-4-1-2-6-17(15)21/h7-10,15,17H,1-6,11-13H2,(H2,20,22)/t15-,17-/m0/s1. The predicted octanol–water partition coefficient (Wildman–Crippen LogP) is 2.27. The normalized spacial score (nSPS) is 23.4. The molecule has 0 radical (unpaired) electrons. The largest absolute Gasteiger partial charge is 0.484 e. The van der Waals surface area contributed by atoms with E-state index in [1.165, 1.54) is 25.7 Å². The van der Waals surface area contributed by atoms with Crippen LogP contribution in [0.25, 0.3) is 0 Å². The number of nitrogens with two attached hydrogens (primary N) is 1. The number of nitrogens with zero attached hydrogens (tertiary/aromatic N) is 1. The van der Waals surface area contributed by atoms with Gasteiger partial charge in [-0.1, -0.05) is 25.0 Å². The number of hydrogen-bond donors (Lipinski definition) is 1. The number of fused-ring (bicyclic) bond motifs is 1. The van der Waals surface area contributed by atoms with Crippen molar-refractivity contribution in [1.29, 1.82) is 0 Å². The van der Waals surface area contributed by atoms with E-state index in [9.17, 15) is 9.59 Å². The van der Waals surface area contributed by atoms with Crippen LogP contribution in [0.4, 0.5) is 0 Å². The van der Waals surface area contributed by atoms with Crippen LogP contribution >= 0.6 is 0 Å². The van der Waals surface area contributed by atoms with Gasteiger partial charge in [0.1, 0.15) is 5.75 Å². The van der Waals surface area contributed by atoms with Crippen LogP contribution in [-0.4, -0.2) is 35.9 Å². The number of rotatable bonds is 5. The summed E-state index contributed by atoms with van der Waals surface area (Å²) >= 11 is 0. The minimum atomic E-state index is -0.356. The number of amides is 2. The summed E-state index contributed by atoms with van der Waals surface area (Å²) in [6, 6.07) is 7.60. The molecule has 1 aromatic rings. The molecule has 0 aromatic heterocycles. The Bertz CT molecular complexity index is 583. The predicted molar refractivity (Wildman–Crippen MR) is 91.5 cm³/mol. The SMILES string of the molecule is NC(=O)Cc1ccc(OCC(=O)N2CCC[C@@H]3CCCC[C@@H]32)cc1. The van der Waals surface area contributed by atoms with Crippen molar-refractivity contribution in [3.05, 3.63) is 29.8 Å². The molecule has 5 heteroatoms. The van der Waals surface area contributed by atoms with Crippen molar-refractivity contribution in [3.63, 3.8) is 0 Å². The Labute approximate surface area is 143 Å². The van der Waals surface area contributed by atoms with Crippen molar-refractivity contribution in [2.75, 3.05) is 13.2 Å². The average Bonchev–Trinajstić information content (AvgIpc) is 2.60. The number of benzene rings is 1. The smallest absolute Gasteiger partial charge is 0.260 e. The number of primary amides is 1. The van der Waals surface area contributed by atoms with E-state index in [1.54, 1.807) is 12.1 Å². The van der Waals surface area contributed by atoms with Gasteiger partial charge in [0.05, 0.1) is 6.42 Å². The van der Waals surface area contributed by atoms with Gasteiger partial charge in [-0.2, -0.15) is 0 Å². The van der Waals surface area contributed by atoms with Crippen LogP contribution in [0.5, 0.6) is 5.75 Å². The quantitative estimate of drug-likeness (QED) is 0.900. The highest BCUT2D eigenvalue weighted by molar-refractivity contribution is 5.78. The second-order valence-electron chi connectivity index (χ2n) is 6.92. The van der Waals surface area contributed by atoms with Gasteiger partial charge in [-0.3, -0.25) is 9.59 Å².